The predicted molar refractivity (Wildman–Crippen MR) is 72.2 cm³/mol. The van der Waals surface area contributed by atoms with Crippen molar-refractivity contribution in [2.45, 2.75) is 6.61 Å². The van der Waals surface area contributed by atoms with Gasteiger partial charge in [-0.15, -0.1) is 0 Å². The van der Waals surface area contributed by atoms with E-state index in [-0.39, 0.29) is 29.4 Å². The third kappa shape index (κ3) is 2.99. The van der Waals surface area contributed by atoms with Crippen molar-refractivity contribution in [1.82, 2.24) is 5.43 Å². The normalized spacial score (nSPS) is 10.1. The molecule has 0 aliphatic rings. The lowest BCUT2D eigenvalue weighted by atomic mass is 10.1. The van der Waals surface area contributed by atoms with Crippen LogP contribution in [0.4, 0.5) is 0 Å². The lowest BCUT2D eigenvalue weighted by molar-refractivity contribution is 0.0952. The van der Waals surface area contributed by atoms with Gasteiger partial charge in [-0.05, 0) is 17.7 Å². The van der Waals surface area contributed by atoms with Crippen molar-refractivity contribution in [2.75, 3.05) is 0 Å². The number of aromatic hydroxyl groups is 2. The smallest absolute Gasteiger partial charge is 0.265 e. The summed E-state index contributed by atoms with van der Waals surface area (Å²) in [5, 5.41) is 19.6. The summed E-state index contributed by atoms with van der Waals surface area (Å²) < 4.78 is 5.36. The van der Waals surface area contributed by atoms with E-state index in [0.717, 1.165) is 5.56 Å². The number of nitrogens with two attached hydrogens (primary N) is 1. The van der Waals surface area contributed by atoms with Crippen molar-refractivity contribution in [3.8, 4) is 17.2 Å². The maximum atomic E-state index is 11.3. The second kappa shape index (κ2) is 5.94. The highest BCUT2D eigenvalue weighted by molar-refractivity contribution is 5.95. The summed E-state index contributed by atoms with van der Waals surface area (Å²) in [5.74, 6) is 3.61. The first-order chi connectivity index (χ1) is 9.61. The number of amides is 1. The highest BCUT2D eigenvalue weighted by atomic mass is 16.5. The van der Waals surface area contributed by atoms with Gasteiger partial charge in [-0.25, -0.2) is 5.84 Å². The molecular formula is C14H14N2O4. The molecular weight excluding hydrogens is 260 g/mol. The summed E-state index contributed by atoms with van der Waals surface area (Å²) in [6.07, 6.45) is 0. The minimum absolute atomic E-state index is 0.0366. The number of carbonyl (C=O) groups excluding carboxylic acids is 1. The summed E-state index contributed by atoms with van der Waals surface area (Å²) >= 11 is 0. The summed E-state index contributed by atoms with van der Waals surface area (Å²) in [4.78, 5) is 11.3. The van der Waals surface area contributed by atoms with Crippen LogP contribution in [-0.4, -0.2) is 16.1 Å². The van der Waals surface area contributed by atoms with Crippen molar-refractivity contribution < 1.29 is 19.7 Å². The van der Waals surface area contributed by atoms with Gasteiger partial charge in [-0.1, -0.05) is 30.3 Å². The first-order valence-electron chi connectivity index (χ1n) is 5.85. The number of hydrogen-bond donors (Lipinski definition) is 4. The Morgan fingerprint density at radius 1 is 1.15 bits per heavy atom. The fourth-order valence-electron chi connectivity index (χ4n) is 1.69. The number of hydrazine groups is 1. The first-order valence-corrected chi connectivity index (χ1v) is 5.85. The maximum Gasteiger partial charge on any atom is 0.265 e. The molecule has 0 radical (unpaired) electrons. The first kappa shape index (κ1) is 13.7. The fourth-order valence-corrected chi connectivity index (χ4v) is 1.69. The average molecular weight is 274 g/mol. The molecule has 0 aliphatic carbocycles. The van der Waals surface area contributed by atoms with Crippen LogP contribution in [0.3, 0.4) is 0 Å². The van der Waals surface area contributed by atoms with Crippen LogP contribution in [-0.2, 0) is 6.61 Å². The van der Waals surface area contributed by atoms with Crippen LogP contribution in [0.25, 0.3) is 0 Å². The molecule has 2 rings (SSSR count). The highest BCUT2D eigenvalue weighted by Gasteiger charge is 2.14. The van der Waals surface area contributed by atoms with E-state index in [0.29, 0.717) is 0 Å². The molecule has 6 heteroatoms. The number of nitrogens with one attached hydrogen (secondary N) is 1. The van der Waals surface area contributed by atoms with Gasteiger partial charge >= 0.3 is 0 Å². The number of phenolic OH excluding ortho intramolecular Hbond substituents is 2. The fraction of sp³-hybridized carbons (Fsp3) is 0.0714. The number of benzene rings is 2. The molecule has 2 aromatic carbocycles. The lowest BCUT2D eigenvalue weighted by Gasteiger charge is -2.11. The Hall–Kier alpha value is -2.73. The molecule has 0 saturated carbocycles. The zero-order valence-corrected chi connectivity index (χ0v) is 10.5. The maximum absolute atomic E-state index is 11.3. The molecule has 0 saturated heterocycles. The SMILES string of the molecule is NNC(=O)c1cc(O)c(OCc2ccccc2)c(O)c1. The minimum Gasteiger partial charge on any atom is -0.504 e. The predicted octanol–water partition coefficient (Wildman–Crippen LogP) is 1.28. The molecule has 0 fully saturated rings. The molecule has 0 bridgehead atoms. The van der Waals surface area contributed by atoms with E-state index in [9.17, 15) is 15.0 Å². The van der Waals surface area contributed by atoms with Gasteiger partial charge in [0.1, 0.15) is 6.61 Å². The quantitative estimate of drug-likeness (QED) is 0.382. The second-order valence-electron chi connectivity index (χ2n) is 4.09. The molecule has 5 N–H and O–H groups in total. The van der Waals surface area contributed by atoms with Gasteiger partial charge in [0, 0.05) is 5.56 Å². The van der Waals surface area contributed by atoms with Gasteiger partial charge in [-0.3, -0.25) is 10.2 Å². The third-order valence-corrected chi connectivity index (χ3v) is 2.67. The molecule has 0 spiro atoms. The van der Waals surface area contributed by atoms with E-state index in [4.69, 9.17) is 10.6 Å². The molecule has 0 unspecified atom stereocenters. The van der Waals surface area contributed by atoms with Crippen LogP contribution in [0.1, 0.15) is 15.9 Å². The minimum atomic E-state index is -0.620. The number of hydrogen-bond acceptors (Lipinski definition) is 5. The van der Waals surface area contributed by atoms with Gasteiger partial charge in [-0.2, -0.15) is 0 Å². The van der Waals surface area contributed by atoms with Crippen molar-refractivity contribution >= 4 is 5.91 Å². The molecule has 20 heavy (non-hydrogen) atoms. The Labute approximate surface area is 115 Å². The highest BCUT2D eigenvalue weighted by Crippen LogP contribution is 2.37. The van der Waals surface area contributed by atoms with Crippen molar-refractivity contribution in [3.05, 3.63) is 53.6 Å². The Morgan fingerprint density at radius 2 is 1.75 bits per heavy atom. The average Bonchev–Trinajstić information content (AvgIpc) is 2.46. The van der Waals surface area contributed by atoms with Crippen LogP contribution in [0.15, 0.2) is 42.5 Å². The summed E-state index contributed by atoms with van der Waals surface area (Å²) in [7, 11) is 0. The van der Waals surface area contributed by atoms with Crippen LogP contribution >= 0.6 is 0 Å². The molecule has 0 aliphatic heterocycles. The van der Waals surface area contributed by atoms with Crippen LogP contribution < -0.4 is 16.0 Å². The number of carbonyl (C=O) groups is 1. The van der Waals surface area contributed by atoms with Gasteiger partial charge in [0.25, 0.3) is 5.91 Å². The molecule has 1 amide bonds. The Bertz CT molecular complexity index is 591. The largest absolute Gasteiger partial charge is 0.504 e. The Kier molecular flexibility index (Phi) is 4.07. The van der Waals surface area contributed by atoms with Gasteiger partial charge in [0.05, 0.1) is 0 Å². The van der Waals surface area contributed by atoms with Gasteiger partial charge in [0.2, 0.25) is 5.75 Å². The van der Waals surface area contributed by atoms with Crippen LogP contribution in [0, 0.1) is 0 Å². The molecule has 6 nitrogen and oxygen atoms in total. The number of rotatable bonds is 4. The van der Waals surface area contributed by atoms with E-state index in [1.165, 1.54) is 12.1 Å². The van der Waals surface area contributed by atoms with E-state index in [1.807, 2.05) is 35.8 Å². The number of ether oxygens (including phenoxy) is 1. The second-order valence-corrected chi connectivity index (χ2v) is 4.09. The van der Waals surface area contributed by atoms with Crippen molar-refractivity contribution in [2.24, 2.45) is 5.84 Å². The van der Waals surface area contributed by atoms with Gasteiger partial charge < -0.3 is 14.9 Å². The van der Waals surface area contributed by atoms with Crippen molar-refractivity contribution in [3.63, 3.8) is 0 Å². The summed E-state index contributed by atoms with van der Waals surface area (Å²) in [5.41, 5.74) is 2.83. The molecule has 0 aromatic heterocycles. The molecule has 0 heterocycles. The monoisotopic (exact) mass is 274 g/mol. The van der Waals surface area contributed by atoms with E-state index in [1.54, 1.807) is 0 Å². The van der Waals surface area contributed by atoms with Crippen LogP contribution in [0.5, 0.6) is 17.2 Å². The van der Waals surface area contributed by atoms with Crippen molar-refractivity contribution in [1.29, 1.82) is 0 Å². The standard InChI is InChI=1S/C14H14N2O4/c15-16-14(19)10-6-11(17)13(12(18)7-10)20-8-9-4-2-1-3-5-9/h1-7,17-18H,8,15H2,(H,16,19). The molecule has 2 aromatic rings. The van der Waals surface area contributed by atoms with E-state index in [2.05, 4.69) is 0 Å². The zero-order valence-electron chi connectivity index (χ0n) is 10.5. The summed E-state index contributed by atoms with van der Waals surface area (Å²) in [6, 6.07) is 11.6. The van der Waals surface area contributed by atoms with Gasteiger partial charge in [0.15, 0.2) is 11.5 Å². The van der Waals surface area contributed by atoms with Crippen LogP contribution in [0.2, 0.25) is 0 Å². The Balaban J connectivity index is 2.18. The van der Waals surface area contributed by atoms with E-state index < -0.39 is 5.91 Å². The summed E-state index contributed by atoms with van der Waals surface area (Å²) in [6.45, 7) is 0.185. The zero-order chi connectivity index (χ0) is 14.5. The molecule has 104 valence electrons. The molecule has 0 atom stereocenters. The number of phenols is 2. The topological polar surface area (TPSA) is 105 Å². The third-order valence-electron chi connectivity index (χ3n) is 2.67. The van der Waals surface area contributed by atoms with E-state index >= 15 is 0 Å². The Morgan fingerprint density at radius 3 is 2.30 bits per heavy atom. The lowest BCUT2D eigenvalue weighted by Crippen LogP contribution is -2.29. The number of nitrogen functional groups attached to an aromatic ring is 1.